The van der Waals surface area contributed by atoms with Crippen LogP contribution in [0.25, 0.3) is 0 Å². The molecule has 4 nitrogen and oxygen atoms in total. The van der Waals surface area contributed by atoms with E-state index in [1.165, 1.54) is 19.3 Å². The lowest BCUT2D eigenvalue weighted by Crippen LogP contribution is -2.29. The fourth-order valence-corrected chi connectivity index (χ4v) is 1.81. The predicted molar refractivity (Wildman–Crippen MR) is 71.0 cm³/mol. The van der Waals surface area contributed by atoms with Crippen LogP contribution >= 0.6 is 0 Å². The van der Waals surface area contributed by atoms with Crippen molar-refractivity contribution in [3.8, 4) is 0 Å². The van der Waals surface area contributed by atoms with Crippen LogP contribution in [0.3, 0.4) is 0 Å². The standard InChI is InChI=1S/C13H25N3O/c1-4-5-6-7-8-11-12(17)16-13(15-11)14-9-10(2)3/h10-11H,4-9H2,1-3H3,(H2,14,15,16,17). The van der Waals surface area contributed by atoms with Crippen molar-refractivity contribution in [1.29, 1.82) is 0 Å². The van der Waals surface area contributed by atoms with Crippen molar-refractivity contribution in [3.63, 3.8) is 0 Å². The zero-order chi connectivity index (χ0) is 12.7. The minimum absolute atomic E-state index is 0.0715. The number of guanidine groups is 1. The third-order valence-corrected chi connectivity index (χ3v) is 2.83. The van der Waals surface area contributed by atoms with Gasteiger partial charge in [-0.25, -0.2) is 0 Å². The van der Waals surface area contributed by atoms with E-state index >= 15 is 0 Å². The van der Waals surface area contributed by atoms with Gasteiger partial charge < -0.3 is 5.32 Å². The van der Waals surface area contributed by atoms with Gasteiger partial charge in [-0.2, -0.15) is 0 Å². The number of amides is 1. The summed E-state index contributed by atoms with van der Waals surface area (Å²) in [5.74, 6) is 1.25. The molecule has 1 aliphatic heterocycles. The van der Waals surface area contributed by atoms with Crippen molar-refractivity contribution < 1.29 is 4.79 Å². The summed E-state index contributed by atoms with van der Waals surface area (Å²) < 4.78 is 0. The molecule has 1 heterocycles. The largest absolute Gasteiger partial charge is 0.344 e. The number of hydrogen-bond acceptors (Lipinski definition) is 2. The third-order valence-electron chi connectivity index (χ3n) is 2.83. The molecule has 0 aromatic carbocycles. The minimum Gasteiger partial charge on any atom is -0.344 e. The first-order valence-corrected chi connectivity index (χ1v) is 6.75. The topological polar surface area (TPSA) is 53.5 Å². The molecule has 0 radical (unpaired) electrons. The SMILES string of the molecule is CCCCCCC1NC(=NCC(C)C)NC1=O. The number of rotatable bonds is 7. The molecular formula is C13H25N3O. The van der Waals surface area contributed by atoms with Crippen LogP contribution in [0.15, 0.2) is 4.99 Å². The van der Waals surface area contributed by atoms with Gasteiger partial charge in [-0.3, -0.25) is 15.1 Å². The first-order chi connectivity index (χ1) is 8.13. The van der Waals surface area contributed by atoms with E-state index in [2.05, 4.69) is 36.4 Å². The molecule has 0 spiro atoms. The molecule has 0 aromatic heterocycles. The monoisotopic (exact) mass is 239 g/mol. The van der Waals surface area contributed by atoms with Crippen LogP contribution in [0.1, 0.15) is 52.9 Å². The average Bonchev–Trinajstić information content (AvgIpc) is 2.63. The van der Waals surface area contributed by atoms with Gasteiger partial charge >= 0.3 is 0 Å². The number of nitrogens with one attached hydrogen (secondary N) is 2. The van der Waals surface area contributed by atoms with Crippen LogP contribution < -0.4 is 10.6 Å². The summed E-state index contributed by atoms with van der Waals surface area (Å²) in [4.78, 5) is 16.0. The Hall–Kier alpha value is -1.06. The van der Waals surface area contributed by atoms with Crippen molar-refractivity contribution in [1.82, 2.24) is 10.6 Å². The molecular weight excluding hydrogens is 214 g/mol. The van der Waals surface area contributed by atoms with E-state index in [-0.39, 0.29) is 11.9 Å². The Labute approximate surface area is 104 Å². The highest BCUT2D eigenvalue weighted by atomic mass is 16.2. The van der Waals surface area contributed by atoms with Gasteiger partial charge in [0.15, 0.2) is 5.96 Å². The maximum Gasteiger partial charge on any atom is 0.249 e. The number of hydrogen-bond donors (Lipinski definition) is 2. The fraction of sp³-hybridized carbons (Fsp3) is 0.846. The summed E-state index contributed by atoms with van der Waals surface area (Å²) in [6.45, 7) is 7.18. The van der Waals surface area contributed by atoms with Crippen LogP contribution in [-0.2, 0) is 4.79 Å². The van der Waals surface area contributed by atoms with Crippen molar-refractivity contribution >= 4 is 11.9 Å². The van der Waals surface area contributed by atoms with E-state index in [0.717, 1.165) is 19.4 Å². The van der Waals surface area contributed by atoms with Crippen LogP contribution in [0.2, 0.25) is 0 Å². The summed E-state index contributed by atoms with van der Waals surface area (Å²) >= 11 is 0. The summed E-state index contributed by atoms with van der Waals surface area (Å²) in [5.41, 5.74) is 0. The Morgan fingerprint density at radius 2 is 2.06 bits per heavy atom. The summed E-state index contributed by atoms with van der Waals surface area (Å²) in [7, 11) is 0. The minimum atomic E-state index is -0.0715. The van der Waals surface area contributed by atoms with Crippen LogP contribution in [0, 0.1) is 5.92 Å². The Kier molecular flexibility index (Phi) is 6.01. The molecule has 0 bridgehead atoms. The zero-order valence-corrected chi connectivity index (χ0v) is 11.3. The molecule has 0 aromatic rings. The van der Waals surface area contributed by atoms with Gasteiger partial charge in [0.1, 0.15) is 6.04 Å². The smallest absolute Gasteiger partial charge is 0.249 e. The molecule has 1 fully saturated rings. The molecule has 0 aliphatic carbocycles. The first-order valence-electron chi connectivity index (χ1n) is 6.75. The number of unbranched alkanes of at least 4 members (excludes halogenated alkanes) is 3. The highest BCUT2D eigenvalue weighted by Crippen LogP contribution is 2.08. The maximum atomic E-state index is 11.6. The maximum absolute atomic E-state index is 11.6. The van der Waals surface area contributed by atoms with Crippen molar-refractivity contribution in [2.24, 2.45) is 10.9 Å². The second-order valence-corrected chi connectivity index (χ2v) is 5.12. The summed E-state index contributed by atoms with van der Waals surface area (Å²) in [6, 6.07) is -0.0715. The molecule has 1 unspecified atom stereocenters. The van der Waals surface area contributed by atoms with Gasteiger partial charge in [0.05, 0.1) is 0 Å². The molecule has 98 valence electrons. The van der Waals surface area contributed by atoms with Gasteiger partial charge in [0.2, 0.25) is 5.91 Å². The highest BCUT2D eigenvalue weighted by Gasteiger charge is 2.27. The van der Waals surface area contributed by atoms with Crippen molar-refractivity contribution in [2.45, 2.75) is 58.9 Å². The summed E-state index contributed by atoms with van der Waals surface area (Å²) in [5, 5.41) is 5.96. The lowest BCUT2D eigenvalue weighted by Gasteiger charge is -2.07. The normalized spacial score (nSPS) is 22.0. The Morgan fingerprint density at radius 3 is 2.71 bits per heavy atom. The Morgan fingerprint density at radius 1 is 1.29 bits per heavy atom. The number of carbonyl (C=O) groups excluding carboxylic acids is 1. The second kappa shape index (κ2) is 7.30. The molecule has 0 saturated carbocycles. The number of carbonyl (C=O) groups is 1. The Balaban J connectivity index is 2.29. The lowest BCUT2D eigenvalue weighted by atomic mass is 10.1. The van der Waals surface area contributed by atoms with E-state index < -0.39 is 0 Å². The second-order valence-electron chi connectivity index (χ2n) is 5.12. The van der Waals surface area contributed by atoms with Crippen molar-refractivity contribution in [3.05, 3.63) is 0 Å². The molecule has 17 heavy (non-hydrogen) atoms. The predicted octanol–water partition coefficient (Wildman–Crippen LogP) is 2.06. The van der Waals surface area contributed by atoms with Crippen LogP contribution in [0.4, 0.5) is 0 Å². The zero-order valence-electron chi connectivity index (χ0n) is 11.3. The van der Waals surface area contributed by atoms with E-state index in [1.54, 1.807) is 0 Å². The van der Waals surface area contributed by atoms with E-state index in [0.29, 0.717) is 11.9 Å². The van der Waals surface area contributed by atoms with Gasteiger partial charge in [-0.1, -0.05) is 46.5 Å². The van der Waals surface area contributed by atoms with E-state index in [1.807, 2.05) is 0 Å². The molecule has 1 rings (SSSR count). The summed E-state index contributed by atoms with van der Waals surface area (Å²) in [6.07, 6.45) is 5.71. The number of aliphatic imine (C=N–C) groups is 1. The number of nitrogens with zero attached hydrogens (tertiary/aromatic N) is 1. The van der Waals surface area contributed by atoms with Gasteiger partial charge in [0.25, 0.3) is 0 Å². The van der Waals surface area contributed by atoms with Crippen LogP contribution in [0.5, 0.6) is 0 Å². The molecule has 1 aliphatic rings. The lowest BCUT2D eigenvalue weighted by molar-refractivity contribution is -0.120. The van der Waals surface area contributed by atoms with Crippen molar-refractivity contribution in [2.75, 3.05) is 6.54 Å². The Bertz CT molecular complexity index is 274. The van der Waals surface area contributed by atoms with E-state index in [4.69, 9.17) is 0 Å². The molecule has 1 saturated heterocycles. The first kappa shape index (κ1) is 14.0. The quantitative estimate of drug-likeness (QED) is 0.668. The third kappa shape index (κ3) is 5.20. The molecule has 1 atom stereocenters. The average molecular weight is 239 g/mol. The van der Waals surface area contributed by atoms with Gasteiger partial charge in [0, 0.05) is 6.54 Å². The molecule has 2 N–H and O–H groups in total. The fourth-order valence-electron chi connectivity index (χ4n) is 1.81. The highest BCUT2D eigenvalue weighted by molar-refractivity contribution is 6.06. The molecule has 1 amide bonds. The van der Waals surface area contributed by atoms with Gasteiger partial charge in [-0.05, 0) is 12.3 Å². The molecule has 4 heteroatoms. The van der Waals surface area contributed by atoms with Crippen LogP contribution in [-0.4, -0.2) is 24.5 Å². The van der Waals surface area contributed by atoms with Gasteiger partial charge in [-0.15, -0.1) is 0 Å². The van der Waals surface area contributed by atoms with E-state index in [9.17, 15) is 4.79 Å².